The molecule has 0 aliphatic carbocycles. The zero-order valence-electron chi connectivity index (χ0n) is 5.46. The fourth-order valence-corrected chi connectivity index (χ4v) is 0.449. The van der Waals surface area contributed by atoms with Gasteiger partial charge in [-0.2, -0.15) is 0 Å². The highest BCUT2D eigenvalue weighted by molar-refractivity contribution is 5.83. The summed E-state index contributed by atoms with van der Waals surface area (Å²) >= 11 is 0. The summed E-state index contributed by atoms with van der Waals surface area (Å²) in [6, 6.07) is 0. The predicted molar refractivity (Wildman–Crippen MR) is 34.1 cm³/mol. The first kappa shape index (κ1) is 9.06. The van der Waals surface area contributed by atoms with Gasteiger partial charge in [-0.05, 0) is 0 Å². The van der Waals surface area contributed by atoms with Crippen LogP contribution in [0.15, 0.2) is 0 Å². The van der Waals surface area contributed by atoms with Crippen molar-refractivity contribution < 1.29 is 14.7 Å². The van der Waals surface area contributed by atoms with Crippen molar-refractivity contribution in [2.24, 2.45) is 5.84 Å². The normalized spacial score (nSPS) is 9.30. The van der Waals surface area contributed by atoms with E-state index in [2.05, 4.69) is 5.43 Å². The molecule has 0 rings (SSSR count). The lowest BCUT2D eigenvalue weighted by Crippen LogP contribution is -2.29. The van der Waals surface area contributed by atoms with E-state index in [1.54, 1.807) is 0 Å². The van der Waals surface area contributed by atoms with Crippen LogP contribution in [-0.4, -0.2) is 23.4 Å². The van der Waals surface area contributed by atoms with Crippen molar-refractivity contribution in [3.8, 4) is 0 Å². The Bertz CT molecular complexity index is 135. The molecular formula is C5H10N2O3. The van der Waals surface area contributed by atoms with Gasteiger partial charge in [0, 0.05) is 6.42 Å². The third-order valence-corrected chi connectivity index (χ3v) is 0.917. The lowest BCUT2D eigenvalue weighted by molar-refractivity contribution is -0.138. The van der Waals surface area contributed by atoms with Crippen LogP contribution in [-0.2, 0) is 9.59 Å². The monoisotopic (exact) mass is 146 g/mol. The number of hydrogen-bond donors (Lipinski definition) is 3. The van der Waals surface area contributed by atoms with Crippen LogP contribution in [0.1, 0.15) is 12.8 Å². The molecule has 4 N–H and O–H groups in total. The van der Waals surface area contributed by atoms with Crippen molar-refractivity contribution in [3.63, 3.8) is 0 Å². The topological polar surface area (TPSA) is 92.4 Å². The predicted octanol–water partition coefficient (Wildman–Crippen LogP) is -1.12. The Morgan fingerprint density at radius 2 is 2.00 bits per heavy atom. The number of carboxylic acids is 1. The third kappa shape index (κ3) is 5.20. The van der Waals surface area contributed by atoms with Gasteiger partial charge in [0.2, 0.25) is 0 Å². The smallest absolute Gasteiger partial charge is 0.303 e. The van der Waals surface area contributed by atoms with Gasteiger partial charge in [0.25, 0.3) is 0 Å². The van der Waals surface area contributed by atoms with Crippen molar-refractivity contribution in [3.05, 3.63) is 0 Å². The number of carbonyl (C=O) groups is 2. The molecule has 0 aromatic rings. The molecule has 0 heterocycles. The number of carbonyl (C=O) groups excluding carboxylic acids is 1. The molecule has 5 nitrogen and oxygen atoms in total. The van der Waals surface area contributed by atoms with E-state index in [-0.39, 0.29) is 25.2 Å². The number of rotatable bonds is 5. The summed E-state index contributed by atoms with van der Waals surface area (Å²) < 4.78 is 0. The Morgan fingerprint density at radius 1 is 1.40 bits per heavy atom. The van der Waals surface area contributed by atoms with Gasteiger partial charge < -0.3 is 5.11 Å². The van der Waals surface area contributed by atoms with Crippen molar-refractivity contribution >= 4 is 11.8 Å². The first-order valence-corrected chi connectivity index (χ1v) is 2.83. The van der Waals surface area contributed by atoms with Crippen molar-refractivity contribution in [1.82, 2.24) is 5.43 Å². The van der Waals surface area contributed by atoms with Crippen LogP contribution in [0.3, 0.4) is 0 Å². The maximum Gasteiger partial charge on any atom is 0.303 e. The van der Waals surface area contributed by atoms with E-state index in [1.807, 2.05) is 0 Å². The minimum Gasteiger partial charge on any atom is -0.481 e. The van der Waals surface area contributed by atoms with Gasteiger partial charge in [0.1, 0.15) is 5.78 Å². The molecule has 58 valence electrons. The van der Waals surface area contributed by atoms with Crippen LogP contribution in [0.5, 0.6) is 0 Å². The van der Waals surface area contributed by atoms with Gasteiger partial charge in [-0.1, -0.05) is 0 Å². The zero-order chi connectivity index (χ0) is 7.98. The van der Waals surface area contributed by atoms with E-state index in [0.717, 1.165) is 0 Å². The summed E-state index contributed by atoms with van der Waals surface area (Å²) in [4.78, 5) is 20.4. The number of ketones is 1. The molecule has 0 atom stereocenters. The van der Waals surface area contributed by atoms with Crippen molar-refractivity contribution in [2.45, 2.75) is 12.8 Å². The average Bonchev–Trinajstić information content (AvgIpc) is 1.85. The van der Waals surface area contributed by atoms with Gasteiger partial charge in [0.15, 0.2) is 0 Å². The molecule has 0 saturated carbocycles. The Morgan fingerprint density at radius 3 is 2.40 bits per heavy atom. The summed E-state index contributed by atoms with van der Waals surface area (Å²) in [5.74, 6) is 3.66. The largest absolute Gasteiger partial charge is 0.481 e. The molecule has 0 radical (unpaired) electrons. The highest BCUT2D eigenvalue weighted by atomic mass is 16.4. The van der Waals surface area contributed by atoms with E-state index in [0.29, 0.717) is 0 Å². The zero-order valence-corrected chi connectivity index (χ0v) is 5.46. The minimum absolute atomic E-state index is 0.0350. The molecule has 5 heteroatoms. The van der Waals surface area contributed by atoms with E-state index in [9.17, 15) is 9.59 Å². The summed E-state index contributed by atoms with van der Waals surface area (Å²) in [5.41, 5.74) is 2.15. The first-order chi connectivity index (χ1) is 4.66. The summed E-state index contributed by atoms with van der Waals surface area (Å²) in [5, 5.41) is 8.13. The van der Waals surface area contributed by atoms with E-state index < -0.39 is 5.97 Å². The van der Waals surface area contributed by atoms with Crippen molar-refractivity contribution in [2.75, 3.05) is 6.54 Å². The molecule has 0 fully saturated rings. The molecule has 0 aromatic carbocycles. The SMILES string of the molecule is NNCC(=O)CCC(=O)O. The second-order valence-electron chi connectivity index (χ2n) is 1.81. The summed E-state index contributed by atoms with van der Waals surface area (Å²) in [6.07, 6.45) is -0.0833. The fraction of sp³-hybridized carbons (Fsp3) is 0.600. The molecule has 0 aliphatic rings. The molecule has 10 heavy (non-hydrogen) atoms. The molecule has 0 amide bonds. The van der Waals surface area contributed by atoms with Gasteiger partial charge in [0.05, 0.1) is 13.0 Å². The van der Waals surface area contributed by atoms with Crippen LogP contribution in [0.25, 0.3) is 0 Å². The van der Waals surface area contributed by atoms with Gasteiger partial charge in [-0.25, -0.2) is 0 Å². The summed E-state index contributed by atoms with van der Waals surface area (Å²) in [7, 11) is 0. The maximum atomic E-state index is 10.5. The standard InChI is InChI=1S/C5H10N2O3/c6-7-3-4(8)1-2-5(9)10/h7H,1-3,6H2,(H,9,10). The number of nitrogens with two attached hydrogens (primary N) is 1. The van der Waals surface area contributed by atoms with Gasteiger partial charge >= 0.3 is 5.97 Å². The van der Waals surface area contributed by atoms with Crippen LogP contribution in [0, 0.1) is 0 Å². The number of hydrogen-bond acceptors (Lipinski definition) is 4. The van der Waals surface area contributed by atoms with Crippen LogP contribution in [0.2, 0.25) is 0 Å². The Labute approximate surface area is 58.2 Å². The Hall–Kier alpha value is -0.940. The van der Waals surface area contributed by atoms with Crippen LogP contribution < -0.4 is 11.3 Å². The number of aliphatic carboxylic acids is 1. The van der Waals surface area contributed by atoms with Crippen LogP contribution in [0.4, 0.5) is 0 Å². The number of hydrazine groups is 1. The number of Topliss-reactive ketones (excluding diaryl/α,β-unsaturated/α-hetero) is 1. The molecular weight excluding hydrogens is 136 g/mol. The van der Waals surface area contributed by atoms with E-state index in [1.165, 1.54) is 0 Å². The molecule has 0 saturated heterocycles. The lowest BCUT2D eigenvalue weighted by Gasteiger charge is -1.94. The van der Waals surface area contributed by atoms with Crippen LogP contribution >= 0.6 is 0 Å². The van der Waals surface area contributed by atoms with Gasteiger partial charge in [-0.3, -0.25) is 20.9 Å². The Balaban J connectivity index is 3.30. The van der Waals surface area contributed by atoms with E-state index in [4.69, 9.17) is 10.9 Å². The third-order valence-electron chi connectivity index (χ3n) is 0.917. The summed E-state index contributed by atoms with van der Waals surface area (Å²) in [6.45, 7) is 0.0350. The second kappa shape index (κ2) is 4.89. The molecule has 0 aromatic heterocycles. The second-order valence-corrected chi connectivity index (χ2v) is 1.81. The highest BCUT2D eigenvalue weighted by Crippen LogP contribution is 1.88. The Kier molecular flexibility index (Phi) is 4.43. The fourth-order valence-electron chi connectivity index (χ4n) is 0.449. The van der Waals surface area contributed by atoms with E-state index >= 15 is 0 Å². The van der Waals surface area contributed by atoms with Crippen molar-refractivity contribution in [1.29, 1.82) is 0 Å². The number of nitrogens with one attached hydrogen (secondary N) is 1. The maximum absolute atomic E-state index is 10.5. The molecule has 0 unspecified atom stereocenters. The minimum atomic E-state index is -0.967. The lowest BCUT2D eigenvalue weighted by atomic mass is 10.2. The van der Waals surface area contributed by atoms with Gasteiger partial charge in [-0.15, -0.1) is 0 Å². The molecule has 0 spiro atoms. The quantitative estimate of drug-likeness (QED) is 0.337. The first-order valence-electron chi connectivity index (χ1n) is 2.83. The molecule has 0 bridgehead atoms. The number of carboxylic acid groups (broad SMARTS) is 1. The average molecular weight is 146 g/mol. The molecule has 0 aliphatic heterocycles. The highest BCUT2D eigenvalue weighted by Gasteiger charge is 2.03.